The molecule has 3 aromatic rings. The van der Waals surface area contributed by atoms with Gasteiger partial charge < -0.3 is 15.1 Å². The summed E-state index contributed by atoms with van der Waals surface area (Å²) < 4.78 is 2.00. The number of anilines is 2. The zero-order valence-electron chi connectivity index (χ0n) is 17.2. The van der Waals surface area contributed by atoms with E-state index in [0.717, 1.165) is 35.9 Å². The van der Waals surface area contributed by atoms with Crippen LogP contribution in [0.4, 0.5) is 16.2 Å². The smallest absolute Gasteiger partial charge is 0.321 e. The van der Waals surface area contributed by atoms with Crippen molar-refractivity contribution < 1.29 is 4.79 Å². The van der Waals surface area contributed by atoms with Crippen molar-refractivity contribution in [2.24, 2.45) is 0 Å². The van der Waals surface area contributed by atoms with E-state index >= 15 is 0 Å². The molecule has 1 N–H and O–H groups in total. The fourth-order valence-corrected chi connectivity index (χ4v) is 3.89. The van der Waals surface area contributed by atoms with Crippen LogP contribution in [-0.2, 0) is 0 Å². The SMILES string of the molecule is Cc1ccc(NC(=O)N2CCN(c3c(C)nn(-c4ccccc4)c3C)CC2)cc1. The zero-order valence-corrected chi connectivity index (χ0v) is 17.2. The van der Waals surface area contributed by atoms with Crippen molar-refractivity contribution in [3.63, 3.8) is 0 Å². The summed E-state index contributed by atoms with van der Waals surface area (Å²) in [4.78, 5) is 16.8. The monoisotopic (exact) mass is 389 g/mol. The zero-order chi connectivity index (χ0) is 20.4. The number of nitrogens with zero attached hydrogens (tertiary/aromatic N) is 4. The molecule has 1 aromatic heterocycles. The van der Waals surface area contributed by atoms with Crippen molar-refractivity contribution in [1.29, 1.82) is 0 Å². The lowest BCUT2D eigenvalue weighted by atomic mass is 10.2. The third kappa shape index (κ3) is 3.97. The Bertz CT molecular complexity index is 986. The first-order chi connectivity index (χ1) is 14.0. The Balaban J connectivity index is 1.43. The van der Waals surface area contributed by atoms with E-state index in [0.29, 0.717) is 13.1 Å². The number of nitrogens with one attached hydrogen (secondary N) is 1. The number of benzene rings is 2. The van der Waals surface area contributed by atoms with Crippen LogP contribution in [0.5, 0.6) is 0 Å². The Labute approximate surface area is 171 Å². The van der Waals surface area contributed by atoms with Crippen molar-refractivity contribution in [3.8, 4) is 5.69 Å². The molecule has 6 nitrogen and oxygen atoms in total. The Morgan fingerprint density at radius 1 is 0.897 bits per heavy atom. The number of para-hydroxylation sites is 1. The highest BCUT2D eigenvalue weighted by Crippen LogP contribution is 2.27. The van der Waals surface area contributed by atoms with Crippen LogP contribution in [0, 0.1) is 20.8 Å². The second-order valence-electron chi connectivity index (χ2n) is 7.54. The van der Waals surface area contributed by atoms with Crippen LogP contribution in [0.1, 0.15) is 17.0 Å². The lowest BCUT2D eigenvalue weighted by Crippen LogP contribution is -2.50. The van der Waals surface area contributed by atoms with E-state index < -0.39 is 0 Å². The summed E-state index contributed by atoms with van der Waals surface area (Å²) in [5.74, 6) is 0. The maximum atomic E-state index is 12.6. The molecule has 1 aliphatic rings. The van der Waals surface area contributed by atoms with Crippen molar-refractivity contribution >= 4 is 17.4 Å². The first-order valence-corrected chi connectivity index (χ1v) is 10.0. The number of piperazine rings is 1. The Morgan fingerprint density at radius 3 is 2.21 bits per heavy atom. The molecule has 4 rings (SSSR count). The lowest BCUT2D eigenvalue weighted by molar-refractivity contribution is 0.208. The number of hydrogen-bond donors (Lipinski definition) is 1. The van der Waals surface area contributed by atoms with Crippen molar-refractivity contribution in [2.75, 3.05) is 36.4 Å². The van der Waals surface area contributed by atoms with Gasteiger partial charge in [0.05, 0.1) is 22.8 Å². The summed E-state index contributed by atoms with van der Waals surface area (Å²) in [5, 5.41) is 7.75. The van der Waals surface area contributed by atoms with Crippen LogP contribution < -0.4 is 10.2 Å². The molecule has 0 atom stereocenters. The molecule has 0 spiro atoms. The molecule has 2 amide bonds. The van der Waals surface area contributed by atoms with Gasteiger partial charge in [0.2, 0.25) is 0 Å². The van der Waals surface area contributed by atoms with Gasteiger partial charge in [-0.2, -0.15) is 5.10 Å². The van der Waals surface area contributed by atoms with Gasteiger partial charge in [-0.1, -0.05) is 35.9 Å². The summed E-state index contributed by atoms with van der Waals surface area (Å²) in [6, 6.07) is 18.0. The van der Waals surface area contributed by atoms with Crippen LogP contribution in [0.2, 0.25) is 0 Å². The third-order valence-corrected chi connectivity index (χ3v) is 5.44. The van der Waals surface area contributed by atoms with E-state index in [1.807, 2.05) is 59.0 Å². The Morgan fingerprint density at radius 2 is 1.55 bits per heavy atom. The predicted octanol–water partition coefficient (Wildman–Crippen LogP) is 4.15. The van der Waals surface area contributed by atoms with Crippen LogP contribution in [-0.4, -0.2) is 46.9 Å². The number of hydrogen-bond acceptors (Lipinski definition) is 3. The average Bonchev–Trinajstić information content (AvgIpc) is 3.04. The molecule has 0 aliphatic carbocycles. The first kappa shape index (κ1) is 19.1. The molecule has 0 saturated carbocycles. The minimum atomic E-state index is -0.0399. The van der Waals surface area contributed by atoms with Gasteiger partial charge in [-0.05, 0) is 45.0 Å². The van der Waals surface area contributed by atoms with Crippen LogP contribution in [0.25, 0.3) is 5.69 Å². The normalized spacial score (nSPS) is 14.2. The van der Waals surface area contributed by atoms with Gasteiger partial charge in [-0.25, -0.2) is 9.48 Å². The maximum Gasteiger partial charge on any atom is 0.321 e. The minimum absolute atomic E-state index is 0.0399. The van der Waals surface area contributed by atoms with Crippen LogP contribution >= 0.6 is 0 Å². The summed E-state index contributed by atoms with van der Waals surface area (Å²) in [5.41, 5.74) is 6.40. The number of carbonyl (C=O) groups excluding carboxylic acids is 1. The van der Waals surface area contributed by atoms with E-state index in [4.69, 9.17) is 5.10 Å². The molecule has 2 aromatic carbocycles. The van der Waals surface area contributed by atoms with Gasteiger partial charge in [-0.15, -0.1) is 0 Å². The molecule has 0 radical (unpaired) electrons. The number of carbonyl (C=O) groups is 1. The fraction of sp³-hybridized carbons (Fsp3) is 0.304. The third-order valence-electron chi connectivity index (χ3n) is 5.44. The highest BCUT2D eigenvalue weighted by atomic mass is 16.2. The van der Waals surface area contributed by atoms with E-state index in [1.54, 1.807) is 0 Å². The average molecular weight is 390 g/mol. The van der Waals surface area contributed by atoms with Gasteiger partial charge in [0.15, 0.2) is 0 Å². The fourth-order valence-electron chi connectivity index (χ4n) is 3.89. The molecule has 1 aliphatic heterocycles. The first-order valence-electron chi connectivity index (χ1n) is 10.0. The van der Waals surface area contributed by atoms with Gasteiger partial charge in [0.25, 0.3) is 0 Å². The predicted molar refractivity (Wildman–Crippen MR) is 117 cm³/mol. The number of rotatable bonds is 3. The van der Waals surface area contributed by atoms with E-state index in [2.05, 4.69) is 36.2 Å². The molecule has 0 bridgehead atoms. The summed E-state index contributed by atoms with van der Waals surface area (Å²) in [6.07, 6.45) is 0. The standard InChI is InChI=1S/C23H27N5O/c1-17-9-11-20(12-10-17)24-23(29)27-15-13-26(14-16-27)22-18(2)25-28(19(22)3)21-7-5-4-6-8-21/h4-12H,13-16H2,1-3H3,(H,24,29). The molecular formula is C23H27N5O. The molecule has 0 unspecified atom stereocenters. The van der Waals surface area contributed by atoms with Gasteiger partial charge in [-0.3, -0.25) is 0 Å². The molecule has 1 saturated heterocycles. The molecule has 2 heterocycles. The number of amides is 2. The van der Waals surface area contributed by atoms with E-state index in [1.165, 1.54) is 11.3 Å². The number of aryl methyl sites for hydroxylation is 2. The molecular weight excluding hydrogens is 362 g/mol. The molecule has 6 heteroatoms. The Kier molecular flexibility index (Phi) is 5.25. The lowest BCUT2D eigenvalue weighted by Gasteiger charge is -2.36. The van der Waals surface area contributed by atoms with Crippen molar-refractivity contribution in [3.05, 3.63) is 71.5 Å². The van der Waals surface area contributed by atoms with E-state index in [-0.39, 0.29) is 6.03 Å². The second kappa shape index (κ2) is 7.99. The summed E-state index contributed by atoms with van der Waals surface area (Å²) >= 11 is 0. The van der Waals surface area contributed by atoms with Crippen LogP contribution in [0.15, 0.2) is 54.6 Å². The maximum absolute atomic E-state index is 12.6. The summed E-state index contributed by atoms with van der Waals surface area (Å²) in [7, 11) is 0. The topological polar surface area (TPSA) is 53.4 Å². The Hall–Kier alpha value is -3.28. The number of aromatic nitrogens is 2. The molecule has 1 fully saturated rings. The molecule has 29 heavy (non-hydrogen) atoms. The minimum Gasteiger partial charge on any atom is -0.365 e. The van der Waals surface area contributed by atoms with Crippen molar-refractivity contribution in [2.45, 2.75) is 20.8 Å². The summed E-state index contributed by atoms with van der Waals surface area (Å²) in [6.45, 7) is 9.17. The van der Waals surface area contributed by atoms with Gasteiger partial charge >= 0.3 is 6.03 Å². The highest BCUT2D eigenvalue weighted by molar-refractivity contribution is 5.89. The van der Waals surface area contributed by atoms with Crippen LogP contribution in [0.3, 0.4) is 0 Å². The van der Waals surface area contributed by atoms with Crippen molar-refractivity contribution in [1.82, 2.24) is 14.7 Å². The quantitative estimate of drug-likeness (QED) is 0.732. The largest absolute Gasteiger partial charge is 0.365 e. The second-order valence-corrected chi connectivity index (χ2v) is 7.54. The van der Waals surface area contributed by atoms with Gasteiger partial charge in [0.1, 0.15) is 0 Å². The highest BCUT2D eigenvalue weighted by Gasteiger charge is 2.25. The van der Waals surface area contributed by atoms with Gasteiger partial charge in [0, 0.05) is 31.9 Å². The number of urea groups is 1. The van der Waals surface area contributed by atoms with E-state index in [9.17, 15) is 4.79 Å². The molecule has 150 valence electrons.